The minimum absolute atomic E-state index is 0.0767. The number of carbonyl (C=O) groups is 1. The zero-order valence-corrected chi connectivity index (χ0v) is 15.9. The second-order valence-electron chi connectivity index (χ2n) is 6.43. The summed E-state index contributed by atoms with van der Waals surface area (Å²) in [5.74, 6) is 0.960. The van der Waals surface area contributed by atoms with E-state index in [1.165, 1.54) is 0 Å². The molecule has 1 amide bonds. The van der Waals surface area contributed by atoms with E-state index in [-0.39, 0.29) is 12.5 Å². The van der Waals surface area contributed by atoms with Gasteiger partial charge in [-0.2, -0.15) is 10.2 Å². The van der Waals surface area contributed by atoms with E-state index in [4.69, 9.17) is 9.84 Å². The number of methoxy groups -OCH3 is 1. The molecule has 0 bridgehead atoms. The van der Waals surface area contributed by atoms with Gasteiger partial charge in [0.05, 0.1) is 23.9 Å². The summed E-state index contributed by atoms with van der Waals surface area (Å²) in [4.78, 5) is 16.9. The van der Waals surface area contributed by atoms with E-state index in [0.29, 0.717) is 11.7 Å². The zero-order chi connectivity index (χ0) is 19.7. The average Bonchev–Trinajstić information content (AvgIpc) is 3.21. The molecule has 3 aromatic heterocycles. The number of ether oxygens (including phenoxy) is 1. The first-order valence-electron chi connectivity index (χ1n) is 8.82. The van der Waals surface area contributed by atoms with E-state index < -0.39 is 0 Å². The number of para-hydroxylation sites is 1. The Morgan fingerprint density at radius 3 is 2.75 bits per heavy atom. The predicted octanol–water partition coefficient (Wildman–Crippen LogP) is 2.79. The largest absolute Gasteiger partial charge is 0.481 e. The van der Waals surface area contributed by atoms with Gasteiger partial charge in [-0.3, -0.25) is 14.2 Å². The number of pyridine rings is 1. The number of fused-ring (bicyclic) bond motifs is 1. The number of hydrogen-bond donors (Lipinski definition) is 1. The molecule has 0 fully saturated rings. The van der Waals surface area contributed by atoms with E-state index in [2.05, 4.69) is 15.4 Å². The number of benzene rings is 1. The molecule has 1 aromatic carbocycles. The van der Waals surface area contributed by atoms with Crippen LogP contribution in [0.3, 0.4) is 0 Å². The number of nitrogens with one attached hydrogen (secondary N) is 1. The van der Waals surface area contributed by atoms with Crippen LogP contribution in [-0.4, -0.2) is 37.6 Å². The second kappa shape index (κ2) is 7.15. The van der Waals surface area contributed by atoms with Gasteiger partial charge >= 0.3 is 0 Å². The van der Waals surface area contributed by atoms with Crippen LogP contribution in [0.1, 0.15) is 5.69 Å². The van der Waals surface area contributed by atoms with Gasteiger partial charge in [-0.05, 0) is 25.1 Å². The molecule has 0 radical (unpaired) electrons. The van der Waals surface area contributed by atoms with Gasteiger partial charge in [0, 0.05) is 24.7 Å². The first-order chi connectivity index (χ1) is 13.6. The molecule has 3 heterocycles. The van der Waals surface area contributed by atoms with Crippen molar-refractivity contribution < 1.29 is 9.53 Å². The molecule has 0 aliphatic rings. The number of amides is 1. The third-order valence-electron chi connectivity index (χ3n) is 4.44. The lowest BCUT2D eigenvalue weighted by atomic mass is 10.1. The molecule has 0 aliphatic carbocycles. The van der Waals surface area contributed by atoms with Gasteiger partial charge in [-0.15, -0.1) is 0 Å². The smallest absolute Gasteiger partial charge is 0.247 e. The summed E-state index contributed by atoms with van der Waals surface area (Å²) in [5, 5.41) is 12.7. The summed E-state index contributed by atoms with van der Waals surface area (Å²) in [6.07, 6.45) is 1.67. The molecule has 4 aromatic rings. The molecule has 0 unspecified atom stereocenters. The molecule has 1 N–H and O–H groups in total. The third kappa shape index (κ3) is 3.20. The van der Waals surface area contributed by atoms with Crippen molar-refractivity contribution in [2.45, 2.75) is 13.5 Å². The van der Waals surface area contributed by atoms with Crippen molar-refractivity contribution in [2.24, 2.45) is 7.05 Å². The van der Waals surface area contributed by atoms with Crippen LogP contribution in [0.5, 0.6) is 5.88 Å². The summed E-state index contributed by atoms with van der Waals surface area (Å²) in [7, 11) is 3.37. The lowest BCUT2D eigenvalue weighted by molar-refractivity contribution is -0.116. The Hall–Kier alpha value is -3.68. The van der Waals surface area contributed by atoms with E-state index in [0.717, 1.165) is 27.9 Å². The van der Waals surface area contributed by atoms with E-state index in [1.807, 2.05) is 49.4 Å². The SMILES string of the molecule is COc1ncccc1-c1nn(CC(=O)Nc2cc(C)nn2C)c2ccccc12. The highest BCUT2D eigenvalue weighted by molar-refractivity contribution is 5.96. The van der Waals surface area contributed by atoms with Crippen LogP contribution in [0.15, 0.2) is 48.7 Å². The number of hydrogen-bond acceptors (Lipinski definition) is 5. The first-order valence-corrected chi connectivity index (χ1v) is 8.82. The van der Waals surface area contributed by atoms with Crippen LogP contribution in [0, 0.1) is 6.92 Å². The van der Waals surface area contributed by atoms with Gasteiger partial charge < -0.3 is 10.1 Å². The molecule has 0 atom stereocenters. The Morgan fingerprint density at radius 2 is 2.00 bits per heavy atom. The molecule has 8 heteroatoms. The van der Waals surface area contributed by atoms with Gasteiger partial charge in [0.15, 0.2) is 0 Å². The molecule has 142 valence electrons. The normalized spacial score (nSPS) is 11.0. The monoisotopic (exact) mass is 376 g/mol. The van der Waals surface area contributed by atoms with Gasteiger partial charge in [0.1, 0.15) is 18.1 Å². The summed E-state index contributed by atoms with van der Waals surface area (Å²) in [6.45, 7) is 1.96. The number of rotatable bonds is 5. The molecule has 0 spiro atoms. The Morgan fingerprint density at radius 1 is 1.18 bits per heavy atom. The van der Waals surface area contributed by atoms with E-state index >= 15 is 0 Å². The highest BCUT2D eigenvalue weighted by Gasteiger charge is 2.18. The average molecular weight is 376 g/mol. The van der Waals surface area contributed by atoms with Crippen LogP contribution >= 0.6 is 0 Å². The number of anilines is 1. The maximum atomic E-state index is 12.6. The maximum Gasteiger partial charge on any atom is 0.247 e. The van der Waals surface area contributed by atoms with Gasteiger partial charge in [0.2, 0.25) is 11.8 Å². The molecule has 4 rings (SSSR count). The quantitative estimate of drug-likeness (QED) is 0.579. The van der Waals surface area contributed by atoms with Crippen molar-refractivity contribution in [3.63, 3.8) is 0 Å². The Bertz CT molecular complexity index is 1160. The zero-order valence-electron chi connectivity index (χ0n) is 15.9. The molecule has 0 aliphatic heterocycles. The highest BCUT2D eigenvalue weighted by Crippen LogP contribution is 2.32. The van der Waals surface area contributed by atoms with Crippen molar-refractivity contribution in [3.8, 4) is 17.1 Å². The first kappa shape index (κ1) is 17.7. The molecule has 28 heavy (non-hydrogen) atoms. The lowest BCUT2D eigenvalue weighted by Gasteiger charge is -2.06. The number of nitrogens with zero attached hydrogens (tertiary/aromatic N) is 5. The predicted molar refractivity (Wildman–Crippen MR) is 106 cm³/mol. The molecule has 8 nitrogen and oxygen atoms in total. The third-order valence-corrected chi connectivity index (χ3v) is 4.44. The number of carbonyl (C=O) groups excluding carboxylic acids is 1. The Balaban J connectivity index is 1.70. The number of aromatic nitrogens is 5. The summed E-state index contributed by atoms with van der Waals surface area (Å²) in [6, 6.07) is 13.4. The Labute approximate surface area is 161 Å². The van der Waals surface area contributed by atoms with Gasteiger partial charge in [-0.1, -0.05) is 18.2 Å². The minimum Gasteiger partial charge on any atom is -0.481 e. The summed E-state index contributed by atoms with van der Waals surface area (Å²) >= 11 is 0. The standard InChI is InChI=1S/C20H20N6O2/c1-13-11-17(25(2)23-13)22-18(27)12-26-16-9-5-4-7-14(16)19(24-26)15-8-6-10-21-20(15)28-3/h4-11H,12H2,1-3H3,(H,22,27). The summed E-state index contributed by atoms with van der Waals surface area (Å²) < 4.78 is 8.71. The van der Waals surface area contributed by atoms with Crippen molar-refractivity contribution in [2.75, 3.05) is 12.4 Å². The molecular formula is C20H20N6O2. The fourth-order valence-electron chi connectivity index (χ4n) is 3.23. The van der Waals surface area contributed by atoms with Crippen LogP contribution in [0.2, 0.25) is 0 Å². The fourth-order valence-corrected chi connectivity index (χ4v) is 3.23. The highest BCUT2D eigenvalue weighted by atomic mass is 16.5. The second-order valence-corrected chi connectivity index (χ2v) is 6.43. The maximum absolute atomic E-state index is 12.6. The topological polar surface area (TPSA) is 86.9 Å². The minimum atomic E-state index is -0.180. The van der Waals surface area contributed by atoms with Crippen molar-refractivity contribution in [1.82, 2.24) is 24.5 Å². The Kier molecular flexibility index (Phi) is 4.52. The van der Waals surface area contributed by atoms with Gasteiger partial charge in [0.25, 0.3) is 0 Å². The number of aryl methyl sites for hydroxylation is 2. The molecule has 0 saturated heterocycles. The van der Waals surface area contributed by atoms with Gasteiger partial charge in [-0.25, -0.2) is 4.98 Å². The van der Waals surface area contributed by atoms with Crippen LogP contribution in [0.25, 0.3) is 22.2 Å². The van der Waals surface area contributed by atoms with Crippen LogP contribution < -0.4 is 10.1 Å². The van der Waals surface area contributed by atoms with E-state index in [9.17, 15) is 4.79 Å². The van der Waals surface area contributed by atoms with Crippen molar-refractivity contribution >= 4 is 22.6 Å². The van der Waals surface area contributed by atoms with Crippen LogP contribution in [-0.2, 0) is 18.4 Å². The molecular weight excluding hydrogens is 356 g/mol. The van der Waals surface area contributed by atoms with Crippen LogP contribution in [0.4, 0.5) is 5.82 Å². The van der Waals surface area contributed by atoms with E-state index in [1.54, 1.807) is 29.7 Å². The lowest BCUT2D eigenvalue weighted by Crippen LogP contribution is -2.21. The van der Waals surface area contributed by atoms with Crippen molar-refractivity contribution in [3.05, 3.63) is 54.4 Å². The van der Waals surface area contributed by atoms with Crippen molar-refractivity contribution in [1.29, 1.82) is 0 Å². The summed E-state index contributed by atoms with van der Waals surface area (Å²) in [5.41, 5.74) is 3.21. The fraction of sp³-hybridized carbons (Fsp3) is 0.200. The molecule has 0 saturated carbocycles.